The molecule has 12 heavy (non-hydrogen) atoms. The minimum Gasteiger partial charge on any atom is -0.463 e. The third-order valence-electron chi connectivity index (χ3n) is 1.32. The van der Waals surface area contributed by atoms with Crippen LogP contribution in [0.3, 0.4) is 0 Å². The largest absolute Gasteiger partial charge is 0.463 e. The Morgan fingerprint density at radius 3 is 3.17 bits per heavy atom. The van der Waals surface area contributed by atoms with Gasteiger partial charge in [-0.05, 0) is 24.6 Å². The SMILES string of the molecule is CCOC(=O)/C=C\c1cc[nH]c1. The quantitative estimate of drug-likeness (QED) is 0.546. The lowest BCUT2D eigenvalue weighted by molar-refractivity contribution is -0.137. The molecule has 1 aromatic rings. The molecule has 0 aromatic carbocycles. The molecule has 0 bridgehead atoms. The summed E-state index contributed by atoms with van der Waals surface area (Å²) in [7, 11) is 0. The molecule has 64 valence electrons. The summed E-state index contributed by atoms with van der Waals surface area (Å²) in [5, 5.41) is 0. The number of esters is 1. The van der Waals surface area contributed by atoms with Crippen LogP contribution in [0.5, 0.6) is 0 Å². The number of aromatic nitrogens is 1. The van der Waals surface area contributed by atoms with Crippen molar-refractivity contribution >= 4 is 12.0 Å². The van der Waals surface area contributed by atoms with Gasteiger partial charge in [0.2, 0.25) is 0 Å². The zero-order chi connectivity index (χ0) is 8.81. The van der Waals surface area contributed by atoms with Crippen molar-refractivity contribution in [3.8, 4) is 0 Å². The molecule has 0 radical (unpaired) electrons. The van der Waals surface area contributed by atoms with Crippen molar-refractivity contribution < 1.29 is 9.53 Å². The van der Waals surface area contributed by atoms with Crippen molar-refractivity contribution in [3.63, 3.8) is 0 Å². The summed E-state index contributed by atoms with van der Waals surface area (Å²) in [6.45, 7) is 2.19. The van der Waals surface area contributed by atoms with Gasteiger partial charge in [0.05, 0.1) is 6.61 Å². The van der Waals surface area contributed by atoms with E-state index in [1.807, 2.05) is 6.07 Å². The second-order valence-electron chi connectivity index (χ2n) is 2.23. The number of carbonyl (C=O) groups is 1. The first-order valence-electron chi connectivity index (χ1n) is 3.80. The molecule has 1 N–H and O–H groups in total. The van der Waals surface area contributed by atoms with E-state index in [9.17, 15) is 4.79 Å². The molecular formula is C9H11NO2. The predicted octanol–water partition coefficient (Wildman–Crippen LogP) is 1.59. The van der Waals surface area contributed by atoms with E-state index in [1.165, 1.54) is 6.08 Å². The molecule has 0 atom stereocenters. The van der Waals surface area contributed by atoms with E-state index in [0.717, 1.165) is 5.56 Å². The van der Waals surface area contributed by atoms with Crippen molar-refractivity contribution in [3.05, 3.63) is 30.1 Å². The van der Waals surface area contributed by atoms with Gasteiger partial charge in [0, 0.05) is 18.5 Å². The molecule has 1 heterocycles. The van der Waals surface area contributed by atoms with Crippen molar-refractivity contribution in [1.82, 2.24) is 4.98 Å². The first-order chi connectivity index (χ1) is 5.83. The van der Waals surface area contributed by atoms with Crippen LogP contribution in [0.15, 0.2) is 24.5 Å². The van der Waals surface area contributed by atoms with Crippen LogP contribution in [0.4, 0.5) is 0 Å². The Morgan fingerprint density at radius 2 is 2.58 bits per heavy atom. The highest BCUT2D eigenvalue weighted by molar-refractivity contribution is 5.86. The molecule has 3 heteroatoms. The highest BCUT2D eigenvalue weighted by Crippen LogP contribution is 1.99. The Labute approximate surface area is 71.1 Å². The third-order valence-corrected chi connectivity index (χ3v) is 1.32. The maximum Gasteiger partial charge on any atom is 0.330 e. The molecule has 0 saturated carbocycles. The first-order valence-corrected chi connectivity index (χ1v) is 3.80. The van der Waals surface area contributed by atoms with E-state index in [0.29, 0.717) is 6.61 Å². The van der Waals surface area contributed by atoms with Crippen LogP contribution >= 0.6 is 0 Å². The van der Waals surface area contributed by atoms with Crippen LogP contribution in [-0.4, -0.2) is 17.6 Å². The highest BCUT2D eigenvalue weighted by Gasteiger charge is 1.92. The van der Waals surface area contributed by atoms with Gasteiger partial charge >= 0.3 is 5.97 Å². The Balaban J connectivity index is 2.45. The van der Waals surface area contributed by atoms with Crippen LogP contribution in [0, 0.1) is 0 Å². The molecule has 0 aliphatic rings. The highest BCUT2D eigenvalue weighted by atomic mass is 16.5. The number of rotatable bonds is 3. The maximum absolute atomic E-state index is 10.8. The normalized spacial score (nSPS) is 10.4. The molecule has 0 aliphatic carbocycles. The summed E-state index contributed by atoms with van der Waals surface area (Å²) in [5.41, 5.74) is 0.961. The minimum absolute atomic E-state index is 0.307. The lowest BCUT2D eigenvalue weighted by atomic mass is 10.3. The average molecular weight is 165 g/mol. The van der Waals surface area contributed by atoms with Gasteiger partial charge in [0.15, 0.2) is 0 Å². The number of nitrogens with one attached hydrogen (secondary N) is 1. The number of ether oxygens (including phenoxy) is 1. The number of hydrogen-bond donors (Lipinski definition) is 1. The molecular weight excluding hydrogens is 154 g/mol. The van der Waals surface area contributed by atoms with Crippen LogP contribution in [0.2, 0.25) is 0 Å². The van der Waals surface area contributed by atoms with Gasteiger partial charge in [0.25, 0.3) is 0 Å². The Bertz CT molecular complexity index is 262. The van der Waals surface area contributed by atoms with Crippen LogP contribution in [0.25, 0.3) is 6.08 Å². The monoisotopic (exact) mass is 165 g/mol. The number of H-pyrrole nitrogens is 1. The molecule has 1 rings (SSSR count). The van der Waals surface area contributed by atoms with Crippen LogP contribution in [-0.2, 0) is 9.53 Å². The van der Waals surface area contributed by atoms with Crippen molar-refractivity contribution in [2.75, 3.05) is 6.61 Å². The van der Waals surface area contributed by atoms with Crippen molar-refractivity contribution in [2.24, 2.45) is 0 Å². The molecule has 0 saturated heterocycles. The van der Waals surface area contributed by atoms with Crippen LogP contribution < -0.4 is 0 Å². The van der Waals surface area contributed by atoms with E-state index in [4.69, 9.17) is 4.74 Å². The summed E-state index contributed by atoms with van der Waals surface area (Å²) in [5.74, 6) is -0.307. The lowest BCUT2D eigenvalue weighted by Crippen LogP contribution is -1.98. The van der Waals surface area contributed by atoms with Crippen molar-refractivity contribution in [1.29, 1.82) is 0 Å². The average Bonchev–Trinajstić information content (AvgIpc) is 2.53. The van der Waals surface area contributed by atoms with E-state index in [2.05, 4.69) is 4.98 Å². The summed E-state index contributed by atoms with van der Waals surface area (Å²) >= 11 is 0. The fourth-order valence-electron chi connectivity index (χ4n) is 0.795. The zero-order valence-electron chi connectivity index (χ0n) is 6.91. The third kappa shape index (κ3) is 2.62. The Morgan fingerprint density at radius 1 is 1.75 bits per heavy atom. The summed E-state index contributed by atoms with van der Waals surface area (Å²) in [6, 6.07) is 1.87. The van der Waals surface area contributed by atoms with E-state index >= 15 is 0 Å². The second kappa shape index (κ2) is 4.38. The van der Waals surface area contributed by atoms with Gasteiger partial charge < -0.3 is 9.72 Å². The molecule has 0 amide bonds. The fourth-order valence-corrected chi connectivity index (χ4v) is 0.795. The molecule has 0 aliphatic heterocycles. The first kappa shape index (κ1) is 8.59. The summed E-state index contributed by atoms with van der Waals surface area (Å²) < 4.78 is 4.70. The van der Waals surface area contributed by atoms with Gasteiger partial charge in [-0.25, -0.2) is 4.79 Å². The Hall–Kier alpha value is -1.51. The van der Waals surface area contributed by atoms with Crippen LogP contribution in [0.1, 0.15) is 12.5 Å². The van der Waals surface area contributed by atoms with E-state index in [-0.39, 0.29) is 5.97 Å². The smallest absolute Gasteiger partial charge is 0.330 e. The molecule has 0 spiro atoms. The molecule has 0 unspecified atom stereocenters. The zero-order valence-corrected chi connectivity index (χ0v) is 6.91. The number of hydrogen-bond acceptors (Lipinski definition) is 2. The van der Waals surface area contributed by atoms with E-state index in [1.54, 1.807) is 25.4 Å². The van der Waals surface area contributed by atoms with Gasteiger partial charge in [-0.3, -0.25) is 0 Å². The molecule has 0 fully saturated rings. The molecule has 1 aromatic heterocycles. The van der Waals surface area contributed by atoms with Gasteiger partial charge in [-0.1, -0.05) is 0 Å². The van der Waals surface area contributed by atoms with E-state index < -0.39 is 0 Å². The fraction of sp³-hybridized carbons (Fsp3) is 0.222. The number of carbonyl (C=O) groups excluding carboxylic acids is 1. The molecule has 3 nitrogen and oxygen atoms in total. The van der Waals surface area contributed by atoms with Gasteiger partial charge in [-0.2, -0.15) is 0 Å². The lowest BCUT2D eigenvalue weighted by Gasteiger charge is -1.93. The van der Waals surface area contributed by atoms with Crippen molar-refractivity contribution in [2.45, 2.75) is 6.92 Å². The number of aromatic amines is 1. The predicted molar refractivity (Wildman–Crippen MR) is 46.5 cm³/mol. The minimum atomic E-state index is -0.307. The standard InChI is InChI=1S/C9H11NO2/c1-2-12-9(11)4-3-8-5-6-10-7-8/h3-7,10H,2H2,1H3/b4-3-. The second-order valence-corrected chi connectivity index (χ2v) is 2.23. The van der Waals surface area contributed by atoms with Gasteiger partial charge in [0.1, 0.15) is 0 Å². The van der Waals surface area contributed by atoms with Gasteiger partial charge in [-0.15, -0.1) is 0 Å². The maximum atomic E-state index is 10.8. The summed E-state index contributed by atoms with van der Waals surface area (Å²) in [4.78, 5) is 13.7. The topological polar surface area (TPSA) is 42.1 Å². The Kier molecular flexibility index (Phi) is 3.14. The summed E-state index contributed by atoms with van der Waals surface area (Å²) in [6.07, 6.45) is 6.71.